The van der Waals surface area contributed by atoms with E-state index in [0.29, 0.717) is 0 Å². The predicted octanol–water partition coefficient (Wildman–Crippen LogP) is 1.95. The molecule has 0 aliphatic heterocycles. The highest BCUT2D eigenvalue weighted by Crippen LogP contribution is 2.25. The van der Waals surface area contributed by atoms with E-state index in [1.165, 1.54) is 30.7 Å². The van der Waals surface area contributed by atoms with Crippen LogP contribution in [0.1, 0.15) is 16.1 Å². The number of rotatable bonds is 3. The lowest BCUT2D eigenvalue weighted by Gasteiger charge is -2.06. The number of carbonyl (C=O) groups excluding carboxylic acids is 1. The number of nitrogens with one attached hydrogen (secondary N) is 1. The van der Waals surface area contributed by atoms with E-state index < -0.39 is 10.8 Å². The fourth-order valence-electron chi connectivity index (χ4n) is 1.52. The van der Waals surface area contributed by atoms with Gasteiger partial charge in [-0.1, -0.05) is 6.07 Å². The summed E-state index contributed by atoms with van der Waals surface area (Å²) < 4.78 is 0. The number of carbonyl (C=O) groups is 1. The van der Waals surface area contributed by atoms with Crippen LogP contribution in [-0.2, 0) is 0 Å². The van der Waals surface area contributed by atoms with Crippen LogP contribution >= 0.6 is 0 Å². The van der Waals surface area contributed by atoms with E-state index in [4.69, 9.17) is 0 Å². The molecule has 0 bridgehead atoms. The van der Waals surface area contributed by atoms with Crippen molar-refractivity contribution in [3.8, 4) is 0 Å². The van der Waals surface area contributed by atoms with Gasteiger partial charge in [0.05, 0.1) is 4.92 Å². The van der Waals surface area contributed by atoms with Gasteiger partial charge in [0.25, 0.3) is 11.6 Å². The molecule has 1 aromatic carbocycles. The summed E-state index contributed by atoms with van der Waals surface area (Å²) in [6.45, 7) is 1.78. The van der Waals surface area contributed by atoms with Crippen LogP contribution in [0.5, 0.6) is 0 Å². The Labute approximate surface area is 108 Å². The predicted molar refractivity (Wildman–Crippen MR) is 67.8 cm³/mol. The van der Waals surface area contributed by atoms with Gasteiger partial charge in [0.15, 0.2) is 0 Å². The van der Waals surface area contributed by atoms with Gasteiger partial charge in [-0.15, -0.1) is 0 Å². The summed E-state index contributed by atoms with van der Waals surface area (Å²) in [7, 11) is 0. The Balaban J connectivity index is 2.31. The molecule has 0 aliphatic carbocycles. The van der Waals surface area contributed by atoms with Gasteiger partial charge in [-0.05, 0) is 24.6 Å². The zero-order valence-electron chi connectivity index (χ0n) is 10.0. The molecule has 7 nitrogen and oxygen atoms in total. The summed E-state index contributed by atoms with van der Waals surface area (Å²) in [4.78, 5) is 29.7. The van der Waals surface area contributed by atoms with E-state index in [1.807, 2.05) is 0 Å². The number of benzene rings is 1. The van der Waals surface area contributed by atoms with Crippen LogP contribution < -0.4 is 5.32 Å². The maximum Gasteiger partial charge on any atom is 0.292 e. The topological polar surface area (TPSA) is 98.0 Å². The van der Waals surface area contributed by atoms with Crippen LogP contribution in [0.2, 0.25) is 0 Å². The molecule has 7 heteroatoms. The van der Waals surface area contributed by atoms with E-state index in [0.717, 1.165) is 5.56 Å². The summed E-state index contributed by atoms with van der Waals surface area (Å²) in [6, 6.07) is 5.93. The summed E-state index contributed by atoms with van der Waals surface area (Å²) in [5, 5.41) is 13.4. The fourth-order valence-corrected chi connectivity index (χ4v) is 1.52. The van der Waals surface area contributed by atoms with Crippen molar-refractivity contribution in [3.63, 3.8) is 0 Å². The van der Waals surface area contributed by atoms with Gasteiger partial charge in [0.2, 0.25) is 0 Å². The Kier molecular flexibility index (Phi) is 3.46. The van der Waals surface area contributed by atoms with Crippen LogP contribution in [0.3, 0.4) is 0 Å². The molecule has 0 unspecified atom stereocenters. The summed E-state index contributed by atoms with van der Waals surface area (Å²) in [6.07, 6.45) is 2.66. The first-order valence-electron chi connectivity index (χ1n) is 5.40. The van der Waals surface area contributed by atoms with Gasteiger partial charge < -0.3 is 5.32 Å². The van der Waals surface area contributed by atoms with Gasteiger partial charge in [-0.2, -0.15) is 0 Å². The number of amides is 1. The minimum absolute atomic E-state index is 0.144. The van der Waals surface area contributed by atoms with Crippen molar-refractivity contribution in [1.29, 1.82) is 0 Å². The second kappa shape index (κ2) is 5.21. The third-order valence-electron chi connectivity index (χ3n) is 2.41. The minimum Gasteiger partial charge on any atom is -0.315 e. The lowest BCUT2D eigenvalue weighted by atomic mass is 10.2. The zero-order chi connectivity index (χ0) is 13.8. The summed E-state index contributed by atoms with van der Waals surface area (Å²) >= 11 is 0. The molecule has 0 spiro atoms. The first-order valence-corrected chi connectivity index (χ1v) is 5.40. The number of aromatic nitrogens is 2. The number of nitrogens with zero attached hydrogens (tertiary/aromatic N) is 3. The number of nitro benzene ring substituents is 1. The Morgan fingerprint density at radius 1 is 1.37 bits per heavy atom. The number of hydrogen-bond acceptors (Lipinski definition) is 5. The largest absolute Gasteiger partial charge is 0.315 e. The normalized spacial score (nSPS) is 9.95. The SMILES string of the molecule is Cc1ccc([N+](=O)[O-])c(NC(=O)c2ccncn2)c1. The molecule has 2 rings (SSSR count). The molecule has 0 aliphatic rings. The molecule has 1 amide bonds. The molecule has 0 radical (unpaired) electrons. The van der Waals surface area contributed by atoms with E-state index in [-0.39, 0.29) is 17.1 Å². The Bertz CT molecular complexity index is 628. The standard InChI is InChI=1S/C12H10N4O3/c1-8-2-3-11(16(18)19)10(6-8)15-12(17)9-4-5-13-7-14-9/h2-7H,1H3,(H,15,17). The van der Waals surface area contributed by atoms with Gasteiger partial charge in [-0.25, -0.2) is 9.97 Å². The van der Waals surface area contributed by atoms with E-state index in [9.17, 15) is 14.9 Å². The molecule has 2 aromatic rings. The average Bonchev–Trinajstić information content (AvgIpc) is 2.39. The Morgan fingerprint density at radius 3 is 2.79 bits per heavy atom. The summed E-state index contributed by atoms with van der Waals surface area (Å²) in [5.41, 5.74) is 0.941. The second-order valence-corrected chi connectivity index (χ2v) is 3.83. The molecule has 0 saturated heterocycles. The van der Waals surface area contributed by atoms with Crippen molar-refractivity contribution in [3.05, 3.63) is 58.2 Å². The highest BCUT2D eigenvalue weighted by Gasteiger charge is 2.17. The number of hydrogen-bond donors (Lipinski definition) is 1. The fraction of sp³-hybridized carbons (Fsp3) is 0.0833. The maximum absolute atomic E-state index is 11.9. The number of aryl methyl sites for hydroxylation is 1. The van der Waals surface area contributed by atoms with Crippen LogP contribution in [0.15, 0.2) is 36.8 Å². The Hall–Kier alpha value is -2.83. The monoisotopic (exact) mass is 258 g/mol. The third kappa shape index (κ3) is 2.89. The highest BCUT2D eigenvalue weighted by molar-refractivity contribution is 6.04. The lowest BCUT2D eigenvalue weighted by Crippen LogP contribution is -2.14. The quantitative estimate of drug-likeness (QED) is 0.670. The zero-order valence-corrected chi connectivity index (χ0v) is 10.0. The van der Waals surface area contributed by atoms with Crippen molar-refractivity contribution in [2.75, 3.05) is 5.32 Å². The van der Waals surface area contributed by atoms with Gasteiger partial charge in [0, 0.05) is 12.3 Å². The van der Waals surface area contributed by atoms with E-state index in [2.05, 4.69) is 15.3 Å². The van der Waals surface area contributed by atoms with Crippen LogP contribution in [0, 0.1) is 17.0 Å². The van der Waals surface area contributed by atoms with Crippen LogP contribution in [0.4, 0.5) is 11.4 Å². The van der Waals surface area contributed by atoms with Crippen molar-refractivity contribution in [2.45, 2.75) is 6.92 Å². The molecule has 96 valence electrons. The molecule has 0 fully saturated rings. The second-order valence-electron chi connectivity index (χ2n) is 3.83. The van der Waals surface area contributed by atoms with Gasteiger partial charge in [-0.3, -0.25) is 14.9 Å². The van der Waals surface area contributed by atoms with Crippen molar-refractivity contribution >= 4 is 17.3 Å². The number of anilines is 1. The Morgan fingerprint density at radius 2 is 2.16 bits per heavy atom. The smallest absolute Gasteiger partial charge is 0.292 e. The minimum atomic E-state index is -0.547. The first kappa shape index (κ1) is 12.6. The van der Waals surface area contributed by atoms with Crippen molar-refractivity contribution in [1.82, 2.24) is 9.97 Å². The molecule has 1 heterocycles. The van der Waals surface area contributed by atoms with E-state index in [1.54, 1.807) is 13.0 Å². The third-order valence-corrected chi connectivity index (χ3v) is 2.41. The molecule has 1 aromatic heterocycles. The molecule has 1 N–H and O–H groups in total. The molecule has 19 heavy (non-hydrogen) atoms. The molecular formula is C12H10N4O3. The summed E-state index contributed by atoms with van der Waals surface area (Å²) in [5.74, 6) is -0.517. The highest BCUT2D eigenvalue weighted by atomic mass is 16.6. The molecular weight excluding hydrogens is 248 g/mol. The molecule has 0 saturated carbocycles. The lowest BCUT2D eigenvalue weighted by molar-refractivity contribution is -0.383. The first-order chi connectivity index (χ1) is 9.08. The van der Waals surface area contributed by atoms with Gasteiger partial charge >= 0.3 is 0 Å². The average molecular weight is 258 g/mol. The van der Waals surface area contributed by atoms with Crippen molar-refractivity contribution in [2.24, 2.45) is 0 Å². The van der Waals surface area contributed by atoms with Crippen molar-refractivity contribution < 1.29 is 9.72 Å². The van der Waals surface area contributed by atoms with Gasteiger partial charge in [0.1, 0.15) is 17.7 Å². The van der Waals surface area contributed by atoms with Crippen LogP contribution in [-0.4, -0.2) is 20.8 Å². The maximum atomic E-state index is 11.9. The number of nitro groups is 1. The molecule has 0 atom stereocenters. The van der Waals surface area contributed by atoms with Crippen LogP contribution in [0.25, 0.3) is 0 Å². The van der Waals surface area contributed by atoms with E-state index >= 15 is 0 Å².